The van der Waals surface area contributed by atoms with Crippen LogP contribution >= 0.6 is 18.2 Å². The molecule has 2 atom stereocenters. The number of ether oxygens (including phenoxy) is 2. The van der Waals surface area contributed by atoms with Crippen LogP contribution in [0.25, 0.3) is 0 Å². The van der Waals surface area contributed by atoms with E-state index in [1.54, 1.807) is 0 Å². The van der Waals surface area contributed by atoms with Crippen molar-refractivity contribution in [2.45, 2.75) is 200 Å². The van der Waals surface area contributed by atoms with Gasteiger partial charge in [-0.25, -0.2) is 0 Å². The standard InChI is InChI=1S/C37H73O8PS/c1-3-5-7-9-11-13-15-17-19-21-23-25-27-29-36(39)43-33-35(34-44-46(41,42)47-32-31-38)45-37(40)30-28-26-24-22-20-18-16-14-12-10-8-6-4-2/h35,38H,3-34H2,1-2H3,(H,41,42)/p-1/t35-/m1/s1. The lowest BCUT2D eigenvalue weighted by atomic mass is 10.0. The summed E-state index contributed by atoms with van der Waals surface area (Å²) < 4.78 is 27.9. The minimum Gasteiger partial charge on any atom is -0.770 e. The van der Waals surface area contributed by atoms with Crippen LogP contribution < -0.4 is 4.89 Å². The fourth-order valence-corrected chi connectivity index (χ4v) is 7.61. The first-order chi connectivity index (χ1) is 22.8. The molecule has 0 saturated heterocycles. The third-order valence-electron chi connectivity index (χ3n) is 8.46. The number of aliphatic hydroxyl groups is 1. The molecule has 8 nitrogen and oxygen atoms in total. The van der Waals surface area contributed by atoms with Gasteiger partial charge in [0.25, 0.3) is 0 Å². The van der Waals surface area contributed by atoms with Gasteiger partial charge in [-0.05, 0) is 12.8 Å². The van der Waals surface area contributed by atoms with E-state index < -0.39 is 25.5 Å². The minimum atomic E-state index is -4.27. The second-order valence-corrected chi connectivity index (χ2v) is 17.0. The molecule has 0 spiro atoms. The zero-order valence-electron chi connectivity index (χ0n) is 30.4. The van der Waals surface area contributed by atoms with Gasteiger partial charge in [0.1, 0.15) is 6.61 Å². The molecule has 0 saturated carbocycles. The molecule has 1 unspecified atom stereocenters. The molecule has 0 aromatic rings. The SMILES string of the molecule is CCCCCCCCCCCCCCCC(=O)OC[C@H](COP(=O)([O-])SCCO)OC(=O)CCCCCCCCCCCCCCC. The van der Waals surface area contributed by atoms with Crippen LogP contribution in [-0.2, 0) is 28.2 Å². The third kappa shape index (κ3) is 35.0. The van der Waals surface area contributed by atoms with Crippen LogP contribution in [0.5, 0.6) is 0 Å². The molecular weight excluding hydrogens is 635 g/mol. The average molecular weight is 708 g/mol. The van der Waals surface area contributed by atoms with E-state index in [4.69, 9.17) is 19.1 Å². The van der Waals surface area contributed by atoms with E-state index in [0.717, 1.165) is 32.1 Å². The Morgan fingerprint density at radius 3 is 1.34 bits per heavy atom. The van der Waals surface area contributed by atoms with E-state index in [0.29, 0.717) is 17.8 Å². The predicted molar refractivity (Wildman–Crippen MR) is 195 cm³/mol. The summed E-state index contributed by atoms with van der Waals surface area (Å²) in [5.41, 5.74) is 0. The molecule has 0 aromatic carbocycles. The average Bonchev–Trinajstić information content (AvgIpc) is 3.05. The van der Waals surface area contributed by atoms with Crippen molar-refractivity contribution in [1.82, 2.24) is 0 Å². The highest BCUT2D eigenvalue weighted by atomic mass is 32.7. The van der Waals surface area contributed by atoms with Crippen LogP contribution in [0.1, 0.15) is 194 Å². The number of hydrogen-bond acceptors (Lipinski definition) is 9. The highest BCUT2D eigenvalue weighted by molar-refractivity contribution is 8.54. The Morgan fingerprint density at radius 1 is 0.596 bits per heavy atom. The van der Waals surface area contributed by atoms with E-state index in [1.165, 1.54) is 128 Å². The number of rotatable bonds is 37. The first kappa shape index (κ1) is 46.4. The van der Waals surface area contributed by atoms with E-state index in [-0.39, 0.29) is 37.8 Å². The lowest BCUT2D eigenvalue weighted by Gasteiger charge is -2.25. The Labute approximate surface area is 292 Å². The normalized spacial score (nSPS) is 13.4. The van der Waals surface area contributed by atoms with Gasteiger partial charge in [-0.3, -0.25) is 14.2 Å². The van der Waals surface area contributed by atoms with Crippen molar-refractivity contribution in [1.29, 1.82) is 0 Å². The fraction of sp³-hybridized carbons (Fsp3) is 0.946. The second-order valence-electron chi connectivity index (χ2n) is 13.1. The van der Waals surface area contributed by atoms with Gasteiger partial charge in [0, 0.05) is 18.6 Å². The number of carbonyl (C=O) groups excluding carboxylic acids is 2. The molecule has 0 aromatic heterocycles. The van der Waals surface area contributed by atoms with Crippen LogP contribution in [0.2, 0.25) is 0 Å². The number of hydrogen-bond donors (Lipinski definition) is 1. The van der Waals surface area contributed by atoms with Crippen LogP contribution in [0.4, 0.5) is 0 Å². The van der Waals surface area contributed by atoms with Gasteiger partial charge in [-0.1, -0.05) is 179 Å². The number of esters is 2. The molecule has 47 heavy (non-hydrogen) atoms. The molecule has 0 aliphatic heterocycles. The first-order valence-electron chi connectivity index (χ1n) is 19.4. The van der Waals surface area contributed by atoms with Crippen LogP contribution in [0.3, 0.4) is 0 Å². The van der Waals surface area contributed by atoms with Crippen molar-refractivity contribution in [3.05, 3.63) is 0 Å². The van der Waals surface area contributed by atoms with Gasteiger partial charge in [0.15, 0.2) is 12.9 Å². The Kier molecular flexibility index (Phi) is 34.8. The van der Waals surface area contributed by atoms with Crippen molar-refractivity contribution in [3.63, 3.8) is 0 Å². The van der Waals surface area contributed by atoms with Crippen LogP contribution in [0.15, 0.2) is 0 Å². The maximum atomic E-state index is 12.5. The van der Waals surface area contributed by atoms with Crippen molar-refractivity contribution < 1.29 is 38.2 Å². The zero-order chi connectivity index (χ0) is 34.7. The highest BCUT2D eigenvalue weighted by Gasteiger charge is 2.20. The maximum Gasteiger partial charge on any atom is 0.306 e. The van der Waals surface area contributed by atoms with Gasteiger partial charge in [0.2, 0.25) is 0 Å². The molecule has 1 N–H and O–H groups in total. The topological polar surface area (TPSA) is 122 Å². The van der Waals surface area contributed by atoms with E-state index in [1.807, 2.05) is 0 Å². The second kappa shape index (κ2) is 35.2. The van der Waals surface area contributed by atoms with Gasteiger partial charge in [0.05, 0.1) is 13.2 Å². The molecule has 0 aliphatic carbocycles. The molecule has 0 aliphatic rings. The van der Waals surface area contributed by atoms with Crippen molar-refractivity contribution in [3.8, 4) is 0 Å². The van der Waals surface area contributed by atoms with E-state index >= 15 is 0 Å². The summed E-state index contributed by atoms with van der Waals surface area (Å²) in [6.07, 6.45) is 31.1. The lowest BCUT2D eigenvalue weighted by Crippen LogP contribution is -2.30. The molecule has 10 heteroatoms. The zero-order valence-corrected chi connectivity index (χ0v) is 32.1. The Hall–Kier alpha value is -0.600. The van der Waals surface area contributed by atoms with Crippen molar-refractivity contribution >= 4 is 30.1 Å². The van der Waals surface area contributed by atoms with Gasteiger partial charge < -0.3 is 24.0 Å². The molecule has 0 radical (unpaired) electrons. The monoisotopic (exact) mass is 707 g/mol. The summed E-state index contributed by atoms with van der Waals surface area (Å²) >= 11 is 0.501. The lowest BCUT2D eigenvalue weighted by molar-refractivity contribution is -0.194. The number of aliphatic hydroxyl groups excluding tert-OH is 1. The third-order valence-corrected chi connectivity index (χ3v) is 11.4. The summed E-state index contributed by atoms with van der Waals surface area (Å²) in [4.78, 5) is 36.9. The molecule has 0 heterocycles. The minimum absolute atomic E-state index is 0.0155. The summed E-state index contributed by atoms with van der Waals surface area (Å²) in [6, 6.07) is 0. The Bertz CT molecular complexity index is 754. The van der Waals surface area contributed by atoms with Gasteiger partial charge >= 0.3 is 11.9 Å². The smallest absolute Gasteiger partial charge is 0.306 e. The maximum absolute atomic E-state index is 12.5. The largest absolute Gasteiger partial charge is 0.770 e. The summed E-state index contributed by atoms with van der Waals surface area (Å²) in [7, 11) is 0. The highest BCUT2D eigenvalue weighted by Crippen LogP contribution is 2.51. The number of carbonyl (C=O) groups is 2. The van der Waals surface area contributed by atoms with Crippen LogP contribution in [-0.4, -0.2) is 48.7 Å². The fourth-order valence-electron chi connectivity index (χ4n) is 5.56. The Morgan fingerprint density at radius 2 is 0.957 bits per heavy atom. The van der Waals surface area contributed by atoms with E-state index in [2.05, 4.69) is 13.8 Å². The molecule has 0 rings (SSSR count). The Balaban J connectivity index is 4.18. The summed E-state index contributed by atoms with van der Waals surface area (Å²) in [6.45, 7) is -0.746. The quantitative estimate of drug-likeness (QED) is 0.0382. The molecule has 0 bridgehead atoms. The first-order valence-corrected chi connectivity index (χ1v) is 22.5. The predicted octanol–water partition coefficient (Wildman–Crippen LogP) is 10.6. The number of unbranched alkanes of at least 4 members (excludes halogenated alkanes) is 24. The van der Waals surface area contributed by atoms with Gasteiger partial charge in [-0.15, -0.1) is 0 Å². The summed E-state index contributed by atoms with van der Waals surface area (Å²) in [5, 5.41) is 8.92. The molecule has 0 fully saturated rings. The van der Waals surface area contributed by atoms with Crippen molar-refractivity contribution in [2.24, 2.45) is 0 Å². The molecule has 0 amide bonds. The van der Waals surface area contributed by atoms with Gasteiger partial charge in [-0.2, -0.15) is 0 Å². The van der Waals surface area contributed by atoms with E-state index in [9.17, 15) is 19.0 Å². The van der Waals surface area contributed by atoms with Crippen LogP contribution in [0, 0.1) is 0 Å². The molecule has 280 valence electrons. The van der Waals surface area contributed by atoms with Crippen molar-refractivity contribution in [2.75, 3.05) is 25.6 Å². The molecular formula is C37H72O8PS-. The summed E-state index contributed by atoms with van der Waals surface area (Å²) in [5.74, 6) is -0.846.